The van der Waals surface area contributed by atoms with E-state index < -0.39 is 0 Å². The van der Waals surface area contributed by atoms with E-state index in [1.54, 1.807) is 9.58 Å². The molecule has 178 valence electrons. The Balaban J connectivity index is 1.33. The van der Waals surface area contributed by atoms with Gasteiger partial charge in [0.05, 0.1) is 18.9 Å². The van der Waals surface area contributed by atoms with Gasteiger partial charge in [0.1, 0.15) is 12.3 Å². The second-order valence-corrected chi connectivity index (χ2v) is 9.90. The quantitative estimate of drug-likeness (QED) is 0.767. The molecule has 33 heavy (non-hydrogen) atoms. The molecule has 2 fully saturated rings. The van der Waals surface area contributed by atoms with E-state index in [9.17, 15) is 9.59 Å². The van der Waals surface area contributed by atoms with Gasteiger partial charge < -0.3 is 19.4 Å². The van der Waals surface area contributed by atoms with Gasteiger partial charge in [-0.25, -0.2) is 0 Å². The molecule has 0 radical (unpaired) electrons. The molecule has 3 heterocycles. The van der Waals surface area contributed by atoms with E-state index in [0.29, 0.717) is 43.9 Å². The minimum atomic E-state index is -0.0820. The van der Waals surface area contributed by atoms with E-state index >= 15 is 0 Å². The number of carbonyl (C=O) groups is 2. The zero-order chi connectivity index (χ0) is 23.1. The van der Waals surface area contributed by atoms with Gasteiger partial charge in [0.15, 0.2) is 5.76 Å². The Hall–Kier alpha value is -2.61. The van der Waals surface area contributed by atoms with Crippen LogP contribution in [0, 0.1) is 18.8 Å². The number of aromatic nitrogens is 2. The molecule has 5 rings (SSSR count). The molecular weight excluding hydrogens is 420 g/mol. The number of fused-ring (bicyclic) bond motifs is 3. The highest BCUT2D eigenvalue weighted by atomic mass is 16.5. The third-order valence-electron chi connectivity index (χ3n) is 7.77. The lowest BCUT2D eigenvalue weighted by Crippen LogP contribution is -2.44. The van der Waals surface area contributed by atoms with Crippen molar-refractivity contribution in [3.63, 3.8) is 0 Å². The standard InChI is InChI=1S/C25H34N4O4/c1-15-5-4-6-19(16(15)2)26-21(30)14-29-13-18-7-8-20-22(23(18)27-29)17(3)24(33-20)25(31)28-9-11-32-12-10-28/h13,15-16,19H,4-12,14H2,1-3H3,(H,26,30). The van der Waals surface area contributed by atoms with Crippen molar-refractivity contribution in [2.75, 3.05) is 26.3 Å². The third-order valence-corrected chi connectivity index (χ3v) is 7.77. The van der Waals surface area contributed by atoms with Crippen LogP contribution in [-0.4, -0.2) is 58.8 Å². The van der Waals surface area contributed by atoms with Crippen LogP contribution in [0.4, 0.5) is 0 Å². The largest absolute Gasteiger partial charge is 0.455 e. The van der Waals surface area contributed by atoms with Crippen molar-refractivity contribution in [2.24, 2.45) is 11.8 Å². The highest BCUT2D eigenvalue weighted by Gasteiger charge is 2.32. The Morgan fingerprint density at radius 3 is 2.76 bits per heavy atom. The number of nitrogens with one attached hydrogen (secondary N) is 1. The zero-order valence-corrected chi connectivity index (χ0v) is 19.9. The molecule has 1 saturated heterocycles. The number of nitrogens with zero attached hydrogens (tertiary/aromatic N) is 3. The van der Waals surface area contributed by atoms with Gasteiger partial charge in [-0.3, -0.25) is 14.3 Å². The predicted molar refractivity (Wildman–Crippen MR) is 123 cm³/mol. The van der Waals surface area contributed by atoms with Crippen LogP contribution in [0.15, 0.2) is 10.6 Å². The Morgan fingerprint density at radius 2 is 1.97 bits per heavy atom. The number of amides is 2. The monoisotopic (exact) mass is 454 g/mol. The smallest absolute Gasteiger partial charge is 0.290 e. The summed E-state index contributed by atoms with van der Waals surface area (Å²) in [7, 11) is 0. The molecule has 1 aliphatic heterocycles. The zero-order valence-electron chi connectivity index (χ0n) is 19.9. The molecule has 0 aromatic carbocycles. The lowest BCUT2D eigenvalue weighted by atomic mass is 9.78. The van der Waals surface area contributed by atoms with Crippen LogP contribution >= 0.6 is 0 Å². The maximum absolute atomic E-state index is 13.0. The van der Waals surface area contributed by atoms with E-state index in [1.165, 1.54) is 12.8 Å². The molecule has 1 saturated carbocycles. The van der Waals surface area contributed by atoms with Crippen LogP contribution < -0.4 is 5.32 Å². The minimum Gasteiger partial charge on any atom is -0.455 e. The number of aryl methyl sites for hydroxylation is 2. The average molecular weight is 455 g/mol. The molecule has 2 aromatic rings. The highest BCUT2D eigenvalue weighted by molar-refractivity contribution is 5.95. The normalized spacial score (nSPS) is 24.8. The Kier molecular flexibility index (Phi) is 6.03. The molecule has 3 unspecified atom stereocenters. The second-order valence-electron chi connectivity index (χ2n) is 9.90. The van der Waals surface area contributed by atoms with Crippen molar-refractivity contribution >= 4 is 11.8 Å². The minimum absolute atomic E-state index is 0.00752. The van der Waals surface area contributed by atoms with Crippen LogP contribution in [0.5, 0.6) is 0 Å². The molecule has 0 bridgehead atoms. The fourth-order valence-electron chi connectivity index (χ4n) is 5.54. The van der Waals surface area contributed by atoms with E-state index in [4.69, 9.17) is 14.3 Å². The Labute approximate surface area is 194 Å². The Morgan fingerprint density at radius 1 is 1.18 bits per heavy atom. The highest BCUT2D eigenvalue weighted by Crippen LogP contribution is 2.38. The van der Waals surface area contributed by atoms with Crippen LogP contribution in [-0.2, 0) is 28.9 Å². The van der Waals surface area contributed by atoms with E-state index in [0.717, 1.165) is 47.4 Å². The summed E-state index contributed by atoms with van der Waals surface area (Å²) in [4.78, 5) is 27.6. The topological polar surface area (TPSA) is 89.6 Å². The van der Waals surface area contributed by atoms with Crippen molar-refractivity contribution in [1.82, 2.24) is 20.0 Å². The predicted octanol–water partition coefficient (Wildman–Crippen LogP) is 2.96. The van der Waals surface area contributed by atoms with Crippen LogP contribution in [0.1, 0.15) is 60.6 Å². The number of morpholine rings is 1. The lowest BCUT2D eigenvalue weighted by molar-refractivity contribution is -0.123. The number of carbonyl (C=O) groups excluding carboxylic acids is 2. The van der Waals surface area contributed by atoms with Crippen molar-refractivity contribution < 1.29 is 18.7 Å². The van der Waals surface area contributed by atoms with Gasteiger partial charge in [-0.15, -0.1) is 0 Å². The summed E-state index contributed by atoms with van der Waals surface area (Å²) >= 11 is 0. The van der Waals surface area contributed by atoms with Crippen molar-refractivity contribution in [3.05, 3.63) is 28.8 Å². The van der Waals surface area contributed by atoms with Gasteiger partial charge in [-0.2, -0.15) is 5.10 Å². The summed E-state index contributed by atoms with van der Waals surface area (Å²) in [6.45, 7) is 8.92. The number of ether oxygens (including phenoxy) is 1. The van der Waals surface area contributed by atoms with Gasteiger partial charge in [-0.1, -0.05) is 26.7 Å². The fourth-order valence-corrected chi connectivity index (χ4v) is 5.54. The third kappa shape index (κ3) is 4.21. The molecule has 3 atom stereocenters. The van der Waals surface area contributed by atoms with E-state index in [-0.39, 0.29) is 24.4 Å². The van der Waals surface area contributed by atoms with Crippen LogP contribution in [0.3, 0.4) is 0 Å². The molecule has 2 aliphatic carbocycles. The first-order valence-corrected chi connectivity index (χ1v) is 12.3. The maximum Gasteiger partial charge on any atom is 0.290 e. The van der Waals surface area contributed by atoms with Crippen molar-refractivity contribution in [3.8, 4) is 11.3 Å². The maximum atomic E-state index is 13.0. The van der Waals surface area contributed by atoms with E-state index in [2.05, 4.69) is 19.2 Å². The first kappa shape index (κ1) is 22.2. The van der Waals surface area contributed by atoms with Crippen molar-refractivity contribution in [1.29, 1.82) is 0 Å². The Bertz CT molecular complexity index is 1050. The summed E-state index contributed by atoms with van der Waals surface area (Å²) in [5.41, 5.74) is 3.69. The molecule has 8 heteroatoms. The molecule has 2 aromatic heterocycles. The number of furan rings is 1. The molecule has 1 N–H and O–H groups in total. The summed E-state index contributed by atoms with van der Waals surface area (Å²) in [6, 6.07) is 0.239. The lowest BCUT2D eigenvalue weighted by Gasteiger charge is -2.34. The van der Waals surface area contributed by atoms with Gasteiger partial charge in [0.2, 0.25) is 5.91 Å². The number of hydrogen-bond acceptors (Lipinski definition) is 5. The van der Waals surface area contributed by atoms with Gasteiger partial charge >= 0.3 is 0 Å². The van der Waals surface area contributed by atoms with Crippen LogP contribution in [0.25, 0.3) is 11.3 Å². The fraction of sp³-hybridized carbons (Fsp3) is 0.640. The number of hydrogen-bond donors (Lipinski definition) is 1. The second kappa shape index (κ2) is 8.97. The molecular formula is C25H34N4O4. The first-order chi connectivity index (χ1) is 15.9. The first-order valence-electron chi connectivity index (χ1n) is 12.3. The van der Waals surface area contributed by atoms with E-state index in [1.807, 2.05) is 13.1 Å². The van der Waals surface area contributed by atoms with Gasteiger partial charge in [-0.05, 0) is 37.2 Å². The van der Waals surface area contributed by atoms with Gasteiger partial charge in [0.25, 0.3) is 5.91 Å². The average Bonchev–Trinajstić information content (AvgIpc) is 3.37. The molecule has 3 aliphatic rings. The molecule has 8 nitrogen and oxygen atoms in total. The molecule has 2 amide bonds. The number of rotatable bonds is 4. The summed E-state index contributed by atoms with van der Waals surface area (Å²) in [5.74, 6) is 2.28. The summed E-state index contributed by atoms with van der Waals surface area (Å²) in [5, 5.41) is 7.99. The SMILES string of the molecule is Cc1c(C(=O)N2CCOCC2)oc2c1-c1nn(CC(=O)NC3CCCC(C)C3C)cc1CC2. The summed E-state index contributed by atoms with van der Waals surface area (Å²) in [6.07, 6.45) is 6.95. The van der Waals surface area contributed by atoms with Gasteiger partial charge in [0, 0.05) is 42.9 Å². The van der Waals surface area contributed by atoms with Crippen LogP contribution in [0.2, 0.25) is 0 Å². The van der Waals surface area contributed by atoms with Crippen molar-refractivity contribution in [2.45, 2.75) is 65.5 Å². The summed E-state index contributed by atoms with van der Waals surface area (Å²) < 4.78 is 13.2. The molecule has 0 spiro atoms.